The second-order valence-corrected chi connectivity index (χ2v) is 5.65. The van der Waals surface area contributed by atoms with Crippen LogP contribution >= 0.6 is 12.4 Å². The lowest BCUT2D eigenvalue weighted by Gasteiger charge is -2.17. The molecule has 0 aliphatic heterocycles. The number of nitrogens with one attached hydrogen (secondary N) is 1. The molecule has 0 saturated heterocycles. The lowest BCUT2D eigenvalue weighted by molar-refractivity contribution is 0.142. The SMILES string of the molecule is CCN(CC)CCOC(=O)Nc1cccc(Cc2ccccc2)c1.Cl. The maximum Gasteiger partial charge on any atom is 0.411 e. The number of nitrogens with zero attached hydrogens (tertiary/aromatic N) is 1. The zero-order chi connectivity index (χ0) is 17.2. The predicted molar refractivity (Wildman–Crippen MR) is 106 cm³/mol. The molecule has 0 unspecified atom stereocenters. The number of amides is 1. The number of carbonyl (C=O) groups excluding carboxylic acids is 1. The molecule has 0 aliphatic rings. The minimum atomic E-state index is -0.404. The molecule has 5 heteroatoms. The Hall–Kier alpha value is -2.04. The maximum absolute atomic E-state index is 11.9. The summed E-state index contributed by atoms with van der Waals surface area (Å²) in [6.07, 6.45) is 0.437. The summed E-state index contributed by atoms with van der Waals surface area (Å²) in [5, 5.41) is 2.80. The highest BCUT2D eigenvalue weighted by molar-refractivity contribution is 5.85. The first-order valence-corrected chi connectivity index (χ1v) is 8.50. The molecule has 0 heterocycles. The van der Waals surface area contributed by atoms with Crippen molar-refractivity contribution in [2.75, 3.05) is 31.6 Å². The van der Waals surface area contributed by atoms with Crippen molar-refractivity contribution in [2.24, 2.45) is 0 Å². The van der Waals surface area contributed by atoms with Crippen molar-refractivity contribution in [3.05, 3.63) is 65.7 Å². The van der Waals surface area contributed by atoms with Crippen molar-refractivity contribution >= 4 is 24.2 Å². The Morgan fingerprint density at radius 3 is 2.36 bits per heavy atom. The number of rotatable bonds is 8. The van der Waals surface area contributed by atoms with Gasteiger partial charge >= 0.3 is 6.09 Å². The summed E-state index contributed by atoms with van der Waals surface area (Å²) in [6, 6.07) is 18.1. The highest BCUT2D eigenvalue weighted by atomic mass is 35.5. The third-order valence-electron chi connectivity index (χ3n) is 3.96. The molecule has 0 bridgehead atoms. The van der Waals surface area contributed by atoms with Crippen LogP contribution in [0.1, 0.15) is 25.0 Å². The Morgan fingerprint density at radius 1 is 1.00 bits per heavy atom. The molecule has 0 aromatic heterocycles. The third-order valence-corrected chi connectivity index (χ3v) is 3.96. The molecule has 0 fully saturated rings. The molecule has 1 N–H and O–H groups in total. The molecular formula is C20H27ClN2O2. The van der Waals surface area contributed by atoms with Gasteiger partial charge in [0.1, 0.15) is 6.61 Å². The van der Waals surface area contributed by atoms with Crippen molar-refractivity contribution < 1.29 is 9.53 Å². The second-order valence-electron chi connectivity index (χ2n) is 5.65. The van der Waals surface area contributed by atoms with E-state index < -0.39 is 6.09 Å². The summed E-state index contributed by atoms with van der Waals surface area (Å²) in [5.74, 6) is 0. The van der Waals surface area contributed by atoms with Crippen LogP contribution in [0.2, 0.25) is 0 Å². The smallest absolute Gasteiger partial charge is 0.411 e. The normalized spacial score (nSPS) is 10.2. The molecule has 0 atom stereocenters. The van der Waals surface area contributed by atoms with Gasteiger partial charge in [-0.2, -0.15) is 0 Å². The number of likely N-dealkylation sites (N-methyl/N-ethyl adjacent to an activating group) is 1. The quantitative estimate of drug-likeness (QED) is 0.746. The molecule has 2 aromatic rings. The van der Waals surface area contributed by atoms with Crippen LogP contribution in [0.3, 0.4) is 0 Å². The fraction of sp³-hybridized carbons (Fsp3) is 0.350. The van der Waals surface area contributed by atoms with Crippen molar-refractivity contribution in [2.45, 2.75) is 20.3 Å². The minimum Gasteiger partial charge on any atom is -0.448 e. The van der Waals surface area contributed by atoms with Gasteiger partial charge in [-0.05, 0) is 42.8 Å². The summed E-state index contributed by atoms with van der Waals surface area (Å²) in [7, 11) is 0. The van der Waals surface area contributed by atoms with Gasteiger partial charge < -0.3 is 9.64 Å². The molecule has 0 spiro atoms. The van der Waals surface area contributed by atoms with Gasteiger partial charge in [-0.15, -0.1) is 12.4 Å². The van der Waals surface area contributed by atoms with E-state index in [4.69, 9.17) is 4.74 Å². The molecule has 2 aromatic carbocycles. The Morgan fingerprint density at radius 2 is 1.68 bits per heavy atom. The van der Waals surface area contributed by atoms with Gasteiger partial charge in [0.15, 0.2) is 0 Å². The van der Waals surface area contributed by atoms with Crippen LogP contribution in [0.4, 0.5) is 10.5 Å². The Labute approximate surface area is 156 Å². The van der Waals surface area contributed by atoms with E-state index >= 15 is 0 Å². The predicted octanol–water partition coefficient (Wildman–Crippen LogP) is 4.59. The third kappa shape index (κ3) is 7.59. The summed E-state index contributed by atoms with van der Waals surface area (Å²) in [6.45, 7) is 7.28. The van der Waals surface area contributed by atoms with E-state index in [2.05, 4.69) is 42.3 Å². The lowest BCUT2D eigenvalue weighted by atomic mass is 10.0. The fourth-order valence-electron chi connectivity index (χ4n) is 2.55. The summed E-state index contributed by atoms with van der Waals surface area (Å²) in [5.41, 5.74) is 3.16. The molecule has 0 saturated carbocycles. The van der Waals surface area contributed by atoms with E-state index in [0.29, 0.717) is 6.61 Å². The number of hydrogen-bond donors (Lipinski definition) is 1. The summed E-state index contributed by atoms with van der Waals surface area (Å²) < 4.78 is 5.25. The van der Waals surface area contributed by atoms with E-state index in [0.717, 1.165) is 37.3 Å². The number of carbonyl (C=O) groups is 1. The van der Waals surface area contributed by atoms with Crippen molar-refractivity contribution in [3.63, 3.8) is 0 Å². The van der Waals surface area contributed by atoms with Crippen molar-refractivity contribution in [3.8, 4) is 0 Å². The number of halogens is 1. The number of benzene rings is 2. The van der Waals surface area contributed by atoms with Crippen LogP contribution in [0.15, 0.2) is 54.6 Å². The zero-order valence-corrected chi connectivity index (χ0v) is 15.7. The van der Waals surface area contributed by atoms with Gasteiger partial charge in [0, 0.05) is 12.2 Å². The Kier molecular flexibility index (Phi) is 9.66. The largest absolute Gasteiger partial charge is 0.448 e. The van der Waals surface area contributed by atoms with Crippen LogP contribution in [-0.2, 0) is 11.2 Å². The van der Waals surface area contributed by atoms with Gasteiger partial charge in [0.05, 0.1) is 0 Å². The topological polar surface area (TPSA) is 41.6 Å². The zero-order valence-electron chi connectivity index (χ0n) is 14.9. The van der Waals surface area contributed by atoms with Gasteiger partial charge in [0.2, 0.25) is 0 Å². The number of ether oxygens (including phenoxy) is 1. The highest BCUT2D eigenvalue weighted by Gasteiger charge is 2.06. The number of hydrogen-bond acceptors (Lipinski definition) is 3. The van der Waals surface area contributed by atoms with Crippen molar-refractivity contribution in [1.82, 2.24) is 4.90 Å². The first kappa shape index (κ1) is 21.0. The first-order chi connectivity index (χ1) is 11.7. The molecule has 2 rings (SSSR count). The summed E-state index contributed by atoms with van der Waals surface area (Å²) >= 11 is 0. The van der Waals surface area contributed by atoms with Crippen LogP contribution in [0.5, 0.6) is 0 Å². The average molecular weight is 363 g/mol. The lowest BCUT2D eigenvalue weighted by Crippen LogP contribution is -2.28. The van der Waals surface area contributed by atoms with Gasteiger partial charge in [-0.25, -0.2) is 4.79 Å². The monoisotopic (exact) mass is 362 g/mol. The van der Waals surface area contributed by atoms with E-state index in [-0.39, 0.29) is 12.4 Å². The van der Waals surface area contributed by atoms with Crippen LogP contribution < -0.4 is 5.32 Å². The average Bonchev–Trinajstić information content (AvgIpc) is 2.60. The minimum absolute atomic E-state index is 0. The van der Waals surface area contributed by atoms with Crippen LogP contribution in [-0.4, -0.2) is 37.2 Å². The standard InChI is InChI=1S/C20H26N2O2.ClH/c1-3-22(4-2)13-14-24-20(23)21-19-12-8-11-18(16-19)15-17-9-6-5-7-10-17;/h5-12,16H,3-4,13-15H2,1-2H3,(H,21,23);1H. The molecule has 25 heavy (non-hydrogen) atoms. The van der Waals surface area contributed by atoms with E-state index in [9.17, 15) is 4.79 Å². The van der Waals surface area contributed by atoms with Gasteiger partial charge in [0.25, 0.3) is 0 Å². The molecule has 1 amide bonds. The second kappa shape index (κ2) is 11.5. The molecule has 4 nitrogen and oxygen atoms in total. The molecule has 136 valence electrons. The molecular weight excluding hydrogens is 336 g/mol. The summed E-state index contributed by atoms with van der Waals surface area (Å²) in [4.78, 5) is 14.1. The van der Waals surface area contributed by atoms with Gasteiger partial charge in [-0.1, -0.05) is 56.3 Å². The number of anilines is 1. The molecule has 0 aliphatic carbocycles. The molecule has 0 radical (unpaired) electrons. The van der Waals surface area contributed by atoms with Crippen LogP contribution in [0.25, 0.3) is 0 Å². The van der Waals surface area contributed by atoms with E-state index in [1.165, 1.54) is 5.56 Å². The van der Waals surface area contributed by atoms with Crippen LogP contribution in [0, 0.1) is 0 Å². The maximum atomic E-state index is 11.9. The van der Waals surface area contributed by atoms with Crippen molar-refractivity contribution in [1.29, 1.82) is 0 Å². The highest BCUT2D eigenvalue weighted by Crippen LogP contribution is 2.15. The first-order valence-electron chi connectivity index (χ1n) is 8.50. The fourth-order valence-corrected chi connectivity index (χ4v) is 2.55. The van der Waals surface area contributed by atoms with E-state index in [1.54, 1.807) is 0 Å². The Balaban J connectivity index is 0.00000312. The van der Waals surface area contributed by atoms with Gasteiger partial charge in [-0.3, -0.25) is 5.32 Å². The van der Waals surface area contributed by atoms with E-state index in [1.807, 2.05) is 36.4 Å². The Bertz CT molecular complexity index is 631.